The molecule has 2 rings (SSSR count). The molecule has 0 fully saturated rings. The van der Waals surface area contributed by atoms with E-state index in [2.05, 4.69) is 0 Å². The molecule has 0 saturated carbocycles. The molecule has 0 amide bonds. The molecule has 0 aliphatic rings. The number of aliphatic hydroxyl groups excluding tert-OH is 2. The van der Waals surface area contributed by atoms with Crippen LogP contribution in [0.25, 0.3) is 10.8 Å². The lowest BCUT2D eigenvalue weighted by Gasteiger charge is -2.20. The quantitative estimate of drug-likeness (QED) is 0.890. The fourth-order valence-electron chi connectivity index (χ4n) is 2.42. The molecular weight excluding hydrogens is 284 g/mol. The molecule has 2 N–H and O–H groups in total. The molecule has 0 aliphatic carbocycles. The summed E-state index contributed by atoms with van der Waals surface area (Å²) in [6, 6.07) is 11.7. The fourth-order valence-corrected chi connectivity index (χ4v) is 3.07. The monoisotopic (exact) mass is 304 g/mol. The van der Waals surface area contributed by atoms with E-state index in [1.54, 1.807) is 0 Å². The average molecular weight is 304 g/mol. The number of benzene rings is 2. The number of carbonyl (C=O) groups excluding carboxylic acids is 1. The van der Waals surface area contributed by atoms with Crippen LogP contribution in [-0.4, -0.2) is 27.2 Å². The number of fused-ring (bicyclic) bond motifs is 1. The van der Waals surface area contributed by atoms with E-state index < -0.39 is 12.2 Å². The van der Waals surface area contributed by atoms with Crippen LogP contribution in [0.15, 0.2) is 36.4 Å². The Bertz CT molecular complexity index is 639. The van der Waals surface area contributed by atoms with Crippen LogP contribution in [0.2, 0.25) is 0 Å². The first kappa shape index (κ1) is 16.0. The first-order valence-electron chi connectivity index (χ1n) is 6.98. The summed E-state index contributed by atoms with van der Waals surface area (Å²) in [7, 11) is 0. The lowest BCUT2D eigenvalue weighted by Crippen LogP contribution is -2.19. The van der Waals surface area contributed by atoms with Gasteiger partial charge in [0.25, 0.3) is 0 Å². The van der Waals surface area contributed by atoms with Gasteiger partial charge in [0.15, 0.2) is 5.12 Å². The van der Waals surface area contributed by atoms with Gasteiger partial charge in [0, 0.05) is 12.7 Å². The maximum atomic E-state index is 10.9. The number of hydrogen-bond acceptors (Lipinski definition) is 4. The van der Waals surface area contributed by atoms with Crippen molar-refractivity contribution in [2.24, 2.45) is 0 Å². The summed E-state index contributed by atoms with van der Waals surface area (Å²) in [5.74, 6) is 0.511. The van der Waals surface area contributed by atoms with Gasteiger partial charge in [-0.25, -0.2) is 0 Å². The Morgan fingerprint density at radius 1 is 1.14 bits per heavy atom. The molecule has 0 aliphatic heterocycles. The second kappa shape index (κ2) is 7.07. The molecule has 2 aromatic carbocycles. The first-order valence-corrected chi connectivity index (χ1v) is 7.97. The molecule has 0 aromatic heterocycles. The molecule has 0 bridgehead atoms. The topological polar surface area (TPSA) is 57.5 Å². The van der Waals surface area contributed by atoms with E-state index in [1.165, 1.54) is 18.7 Å². The number of aliphatic hydroxyl groups is 2. The molecule has 21 heavy (non-hydrogen) atoms. The highest BCUT2D eigenvalue weighted by atomic mass is 32.2. The lowest BCUT2D eigenvalue weighted by atomic mass is 9.94. The smallest absolute Gasteiger partial charge is 0.185 e. The molecule has 0 radical (unpaired) electrons. The number of thioether (sulfide) groups is 1. The zero-order valence-electron chi connectivity index (χ0n) is 12.2. The van der Waals surface area contributed by atoms with Gasteiger partial charge < -0.3 is 10.2 Å². The van der Waals surface area contributed by atoms with Gasteiger partial charge >= 0.3 is 0 Å². The van der Waals surface area contributed by atoms with E-state index in [0.29, 0.717) is 12.2 Å². The molecule has 4 heteroatoms. The Hall–Kier alpha value is -1.36. The normalized spacial score (nSPS) is 14.1. The summed E-state index contributed by atoms with van der Waals surface area (Å²) in [5, 5.41) is 22.6. The van der Waals surface area contributed by atoms with Crippen molar-refractivity contribution in [3.8, 4) is 0 Å². The molecule has 2 atom stereocenters. The van der Waals surface area contributed by atoms with Crippen LogP contribution in [0.5, 0.6) is 0 Å². The summed E-state index contributed by atoms with van der Waals surface area (Å²) in [6.45, 7) is 3.53. The number of hydrogen-bond donors (Lipinski definition) is 2. The van der Waals surface area contributed by atoms with Gasteiger partial charge in [-0.05, 0) is 35.2 Å². The third-order valence-corrected chi connectivity index (χ3v) is 4.42. The van der Waals surface area contributed by atoms with E-state index in [9.17, 15) is 15.0 Å². The zero-order chi connectivity index (χ0) is 15.4. The summed E-state index contributed by atoms with van der Waals surface area (Å²) in [4.78, 5) is 10.9. The van der Waals surface area contributed by atoms with Crippen LogP contribution in [0.4, 0.5) is 0 Å². The van der Waals surface area contributed by atoms with Crippen molar-refractivity contribution in [1.82, 2.24) is 0 Å². The van der Waals surface area contributed by atoms with E-state index >= 15 is 0 Å². The van der Waals surface area contributed by atoms with Crippen LogP contribution in [-0.2, 0) is 4.79 Å². The van der Waals surface area contributed by atoms with Crippen molar-refractivity contribution in [1.29, 1.82) is 0 Å². The van der Waals surface area contributed by atoms with Gasteiger partial charge in [-0.3, -0.25) is 4.79 Å². The SMILES string of the molecule is CC(=O)SCCC(O)C(O)c1ccc(C)c2ccccc12. The highest BCUT2D eigenvalue weighted by molar-refractivity contribution is 8.13. The zero-order valence-corrected chi connectivity index (χ0v) is 13.1. The highest BCUT2D eigenvalue weighted by Gasteiger charge is 2.20. The molecule has 0 heterocycles. The van der Waals surface area contributed by atoms with Gasteiger partial charge in [-0.1, -0.05) is 48.2 Å². The van der Waals surface area contributed by atoms with Crippen molar-refractivity contribution >= 4 is 27.6 Å². The minimum Gasteiger partial charge on any atom is -0.390 e. The fraction of sp³-hybridized carbons (Fsp3) is 0.353. The Balaban J connectivity index is 2.21. The van der Waals surface area contributed by atoms with Crippen LogP contribution < -0.4 is 0 Å². The van der Waals surface area contributed by atoms with E-state index in [1.807, 2.05) is 43.3 Å². The first-order chi connectivity index (χ1) is 10.0. The second-order valence-electron chi connectivity index (χ2n) is 5.16. The highest BCUT2D eigenvalue weighted by Crippen LogP contribution is 2.29. The van der Waals surface area contributed by atoms with E-state index in [4.69, 9.17) is 0 Å². The van der Waals surface area contributed by atoms with Gasteiger partial charge in [0.2, 0.25) is 0 Å². The number of carbonyl (C=O) groups is 1. The van der Waals surface area contributed by atoms with Crippen molar-refractivity contribution in [3.63, 3.8) is 0 Å². The Labute approximate surface area is 129 Å². The molecule has 0 spiro atoms. The Morgan fingerprint density at radius 2 is 1.81 bits per heavy atom. The minimum atomic E-state index is -0.942. The molecule has 112 valence electrons. The lowest BCUT2D eigenvalue weighted by molar-refractivity contribution is -0.109. The standard InChI is InChI=1S/C17H20O3S/c1-11-7-8-15(14-6-4-3-5-13(11)14)17(20)16(19)9-10-21-12(2)18/h3-8,16-17,19-20H,9-10H2,1-2H3. The van der Waals surface area contributed by atoms with E-state index in [-0.39, 0.29) is 5.12 Å². The van der Waals surface area contributed by atoms with Gasteiger partial charge in [0.1, 0.15) is 6.10 Å². The molecule has 2 aromatic rings. The maximum absolute atomic E-state index is 10.9. The molecule has 0 saturated heterocycles. The maximum Gasteiger partial charge on any atom is 0.185 e. The van der Waals surface area contributed by atoms with Gasteiger partial charge in [-0.15, -0.1) is 0 Å². The number of rotatable bonds is 5. The predicted molar refractivity (Wildman–Crippen MR) is 87.4 cm³/mol. The summed E-state index contributed by atoms with van der Waals surface area (Å²) >= 11 is 1.17. The summed E-state index contributed by atoms with van der Waals surface area (Å²) in [5.41, 5.74) is 1.87. The molecule has 2 unspecified atom stereocenters. The van der Waals surface area contributed by atoms with Gasteiger partial charge in [0.05, 0.1) is 6.10 Å². The predicted octanol–water partition coefficient (Wildman–Crippen LogP) is 3.21. The van der Waals surface area contributed by atoms with Crippen LogP contribution in [0.3, 0.4) is 0 Å². The average Bonchev–Trinajstić information content (AvgIpc) is 2.47. The Kier molecular flexibility index (Phi) is 5.39. The van der Waals surface area contributed by atoms with Crippen LogP contribution in [0.1, 0.15) is 30.6 Å². The molecule has 3 nitrogen and oxygen atoms in total. The van der Waals surface area contributed by atoms with Crippen molar-refractivity contribution in [3.05, 3.63) is 47.5 Å². The number of aryl methyl sites for hydroxylation is 1. The second-order valence-corrected chi connectivity index (χ2v) is 6.43. The largest absolute Gasteiger partial charge is 0.390 e. The van der Waals surface area contributed by atoms with Crippen LogP contribution in [0, 0.1) is 6.92 Å². The third-order valence-electron chi connectivity index (χ3n) is 3.58. The van der Waals surface area contributed by atoms with Gasteiger partial charge in [-0.2, -0.15) is 0 Å². The van der Waals surface area contributed by atoms with E-state index in [0.717, 1.165) is 21.9 Å². The summed E-state index contributed by atoms with van der Waals surface area (Å²) in [6.07, 6.45) is -1.43. The minimum absolute atomic E-state index is 0.0254. The molecular formula is C17H20O3S. The van der Waals surface area contributed by atoms with Crippen molar-refractivity contribution in [2.45, 2.75) is 32.5 Å². The third kappa shape index (κ3) is 3.84. The Morgan fingerprint density at radius 3 is 2.48 bits per heavy atom. The van der Waals surface area contributed by atoms with Crippen LogP contribution >= 0.6 is 11.8 Å². The summed E-state index contributed by atoms with van der Waals surface area (Å²) < 4.78 is 0. The van der Waals surface area contributed by atoms with Crippen molar-refractivity contribution < 1.29 is 15.0 Å². The van der Waals surface area contributed by atoms with Crippen molar-refractivity contribution in [2.75, 3.05) is 5.75 Å².